The van der Waals surface area contributed by atoms with Crippen LogP contribution in [0.2, 0.25) is 0 Å². The molecule has 0 radical (unpaired) electrons. The third-order valence-corrected chi connectivity index (χ3v) is 24.9. The van der Waals surface area contributed by atoms with Crippen LogP contribution in [0.3, 0.4) is 0 Å². The van der Waals surface area contributed by atoms with Crippen LogP contribution in [-0.4, -0.2) is 142 Å². The van der Waals surface area contributed by atoms with Gasteiger partial charge in [0.2, 0.25) is 0 Å². The van der Waals surface area contributed by atoms with Crippen molar-refractivity contribution in [2.75, 3.05) is 0 Å². The third kappa shape index (κ3) is 20.1. The number of fused-ring (bicyclic) bond motifs is 24. The fourth-order valence-corrected chi connectivity index (χ4v) is 17.6. The standard InChI is InChI=1S/3C34H34N4O5.In.2Na/c3*1-7-20-19(6)32-34(43)33-21(8-2)16(3)26(37-33)13-24-17(4)22(9-11-30(39)40)28(35-24)15-29-23(10-12-31(41)42)18(5)25(36-29)14-27(20)38-32;;;/h3*7-8,13-15,36-37,43H,1-2,9-12H2,3-6H3,(H,39,40)(H,41,42);;;/q;;;+3;2*+1/p-5. The first-order valence-corrected chi connectivity index (χ1v) is 41.9. The van der Waals surface area contributed by atoms with Gasteiger partial charge in [-0.1, -0.05) is 75.9 Å². The van der Waals surface area contributed by atoms with E-state index in [0.29, 0.717) is 129 Å². The second-order valence-electron chi connectivity index (χ2n) is 32.5. The molecule has 15 heterocycles. The molecule has 9 aromatic rings. The largest absolute Gasteiger partial charge is 3.00 e. The van der Waals surface area contributed by atoms with E-state index >= 15 is 0 Å². The van der Waals surface area contributed by atoms with Crippen LogP contribution in [0.1, 0.15) is 234 Å². The van der Waals surface area contributed by atoms with E-state index in [9.17, 15) is 74.7 Å². The molecular weight excluding hydrogens is 1790 g/mol. The first-order chi connectivity index (χ1) is 61.3. The molecule has 27 nitrogen and oxygen atoms in total. The Kier molecular flexibility index (Phi) is 32.2. The molecule has 660 valence electrons. The van der Waals surface area contributed by atoms with Gasteiger partial charge in [-0.3, -0.25) is 4.79 Å². The topological polar surface area (TPSA) is 471 Å². The predicted molar refractivity (Wildman–Crippen MR) is 503 cm³/mol. The summed E-state index contributed by atoms with van der Waals surface area (Å²) >= 11 is 0. The fraction of sp³-hybridized carbons (Fsp3) is 0.235. The van der Waals surface area contributed by atoms with E-state index in [1.807, 2.05) is 138 Å². The molecule has 9 aromatic heterocycles. The van der Waals surface area contributed by atoms with E-state index in [-0.39, 0.29) is 179 Å². The van der Waals surface area contributed by atoms with Crippen LogP contribution in [0.25, 0.3) is 151 Å². The molecule has 0 aliphatic carbocycles. The first-order valence-electron chi connectivity index (χ1n) is 41.9. The number of hydrogen-bond donors (Lipinski definition) is 10. The molecule has 0 aromatic carbocycles. The molecule has 0 spiro atoms. The van der Waals surface area contributed by atoms with Gasteiger partial charge in [0.05, 0.1) is 67.8 Å². The zero-order valence-electron chi connectivity index (χ0n) is 76.4. The average Bonchev–Trinajstić information content (AvgIpc) is 1.61. The number of nitrogens with one attached hydrogen (secondary N) is 6. The summed E-state index contributed by atoms with van der Waals surface area (Å²) in [5.74, 6) is -6.86. The van der Waals surface area contributed by atoms with Crippen LogP contribution in [0.5, 0.6) is 17.2 Å². The summed E-state index contributed by atoms with van der Waals surface area (Å²) in [4.78, 5) is 118. The number of nitrogens with zero attached hydrogens (tertiary/aromatic N) is 6. The van der Waals surface area contributed by atoms with Gasteiger partial charge in [-0.2, -0.15) is 0 Å². The van der Waals surface area contributed by atoms with Crippen molar-refractivity contribution in [1.29, 1.82) is 0 Å². The van der Waals surface area contributed by atoms with Crippen molar-refractivity contribution in [3.63, 3.8) is 0 Å². The summed E-state index contributed by atoms with van der Waals surface area (Å²) in [5, 5.41) is 101. The molecule has 0 unspecified atom stereocenters. The Hall–Kier alpha value is -12.7. The van der Waals surface area contributed by atoms with Crippen molar-refractivity contribution in [1.82, 2.24) is 59.8 Å². The van der Waals surface area contributed by atoms with Gasteiger partial charge in [-0.15, -0.1) is 0 Å². The van der Waals surface area contributed by atoms with Gasteiger partial charge in [-0.25, -0.2) is 29.9 Å². The van der Waals surface area contributed by atoms with E-state index in [1.54, 1.807) is 36.5 Å². The van der Waals surface area contributed by atoms with Crippen molar-refractivity contribution in [3.05, 3.63) is 247 Å². The maximum atomic E-state index is 11.6. The monoisotopic (exact) mass is 1890 g/mol. The van der Waals surface area contributed by atoms with E-state index < -0.39 is 35.8 Å². The molecule has 15 rings (SSSR count). The van der Waals surface area contributed by atoms with Crippen LogP contribution < -0.4 is 84.6 Å². The maximum Gasteiger partial charge on any atom is 3.00 e. The van der Waals surface area contributed by atoms with Gasteiger partial charge in [0.25, 0.3) is 0 Å². The minimum absolute atomic E-state index is 0. The number of aromatic amines is 6. The van der Waals surface area contributed by atoms with Gasteiger partial charge in [0, 0.05) is 119 Å². The SMILES string of the molecule is C=CC1=C(C)c2nc1cc1[nH]c(cc3nc(cc4[nH]c(c2O)c(C=C)c4C)C(C)=C3CCC(=O)[O-])c(CCC(=O)O)c1C.C=CC1=C(C)c2nc1cc1[nH]c(cc3nc(cc4[nH]c(c2O)c(C=C)c4C)C(C)=C3CCC(=O)[O-])c(CCC(=O)[O-])c1C.C=CC1=C(C)c2nc1cc1[nH]c(cc3nc(cc4[nH]c(c2O)c(C=C)c4C)C(C)=C3CCC(=O)[O-])c(CCC(=O)[O-])c1C.[In+3].[Na+].[Na+]. The zero-order valence-corrected chi connectivity index (χ0v) is 83.7. The maximum absolute atomic E-state index is 11.6. The number of H-pyrrole nitrogens is 6. The summed E-state index contributed by atoms with van der Waals surface area (Å²) in [6.07, 6.45) is 10.5. The molecule has 0 fully saturated rings. The molecule has 24 bridgehead atoms. The number of carbonyl (C=O) groups excluding carboxylic acids is 5. The number of aliphatic carboxylic acids is 6. The Balaban J connectivity index is 0.000000203. The summed E-state index contributed by atoms with van der Waals surface area (Å²) in [6.45, 7) is 46.5. The predicted octanol–water partition coefficient (Wildman–Crippen LogP) is 8.58. The Morgan fingerprint density at radius 3 is 0.742 bits per heavy atom. The Morgan fingerprint density at radius 1 is 0.295 bits per heavy atom. The quantitative estimate of drug-likeness (QED) is 0.0253. The van der Waals surface area contributed by atoms with Crippen molar-refractivity contribution >= 4 is 213 Å². The molecular formula is C102H97InN12Na2O15. The van der Waals surface area contributed by atoms with E-state index in [2.05, 4.69) is 69.4 Å². The summed E-state index contributed by atoms with van der Waals surface area (Å²) in [5.41, 5.74) is 33.0. The minimum atomic E-state index is -1.17. The fourth-order valence-electron chi connectivity index (χ4n) is 17.6. The Morgan fingerprint density at radius 2 is 0.515 bits per heavy atom. The minimum Gasteiger partial charge on any atom is -0.550 e. The normalized spacial score (nSPS) is 12.7. The smallest absolute Gasteiger partial charge is 0.550 e. The second-order valence-corrected chi connectivity index (χ2v) is 32.5. The van der Waals surface area contributed by atoms with Crippen LogP contribution in [-0.2, 0) is 48.0 Å². The molecule has 0 saturated heterocycles. The van der Waals surface area contributed by atoms with Crippen molar-refractivity contribution in [2.24, 2.45) is 0 Å². The number of allylic oxidation sites excluding steroid dienone is 15. The van der Waals surface area contributed by atoms with Gasteiger partial charge in [0.1, 0.15) is 17.1 Å². The molecule has 30 heteroatoms. The molecule has 0 atom stereocenters. The first kappa shape index (κ1) is 101. The Bertz CT molecular complexity index is 6610. The van der Waals surface area contributed by atoms with E-state index in [1.165, 1.54) is 0 Å². The summed E-state index contributed by atoms with van der Waals surface area (Å²) in [7, 11) is 0. The molecule has 0 saturated carbocycles. The number of carboxylic acids is 6. The molecule has 10 N–H and O–H groups in total. The van der Waals surface area contributed by atoms with E-state index in [0.717, 1.165) is 139 Å². The number of rotatable bonds is 24. The van der Waals surface area contributed by atoms with Crippen molar-refractivity contribution in [3.8, 4) is 17.2 Å². The van der Waals surface area contributed by atoms with Gasteiger partial charge >= 0.3 is 90.9 Å². The molecule has 132 heavy (non-hydrogen) atoms. The number of aromatic nitrogens is 12. The number of carbonyl (C=O) groups is 6. The van der Waals surface area contributed by atoms with Crippen molar-refractivity contribution < 1.29 is 134 Å². The van der Waals surface area contributed by atoms with Gasteiger partial charge in [0.15, 0.2) is 17.2 Å². The van der Waals surface area contributed by atoms with Crippen molar-refractivity contribution in [2.45, 2.75) is 160 Å². The molecule has 6 aliphatic rings. The Labute approximate surface area is 824 Å². The number of aromatic hydroxyl groups is 3. The number of carboxylic acid groups (broad SMARTS) is 6. The van der Waals surface area contributed by atoms with Crippen LogP contribution in [0.15, 0.2) is 112 Å². The number of hydrogen-bond acceptors (Lipinski definition) is 20. The van der Waals surface area contributed by atoms with Gasteiger partial charge in [-0.05, 0) is 309 Å². The average molecular weight is 1890 g/mol. The van der Waals surface area contributed by atoms with Gasteiger partial charge < -0.3 is 99.8 Å². The second kappa shape index (κ2) is 41.8. The third-order valence-electron chi connectivity index (χ3n) is 24.9. The van der Waals surface area contributed by atoms with Crippen LogP contribution >= 0.6 is 0 Å². The summed E-state index contributed by atoms with van der Waals surface area (Å²) in [6, 6.07) is 16.7. The summed E-state index contributed by atoms with van der Waals surface area (Å²) < 4.78 is 0. The van der Waals surface area contributed by atoms with Crippen LogP contribution in [0.4, 0.5) is 0 Å². The molecule has 0 amide bonds. The van der Waals surface area contributed by atoms with E-state index in [4.69, 9.17) is 29.9 Å². The molecule has 6 aliphatic heterocycles. The zero-order chi connectivity index (χ0) is 93.5. The van der Waals surface area contributed by atoms with Crippen LogP contribution in [0, 0.1) is 41.5 Å². The number of aryl methyl sites for hydroxylation is 9.